The maximum atomic E-state index is 12.5. The van der Waals surface area contributed by atoms with Gasteiger partial charge in [-0.15, -0.1) is 0 Å². The van der Waals surface area contributed by atoms with E-state index in [-0.39, 0.29) is 24.3 Å². The lowest BCUT2D eigenvalue weighted by Crippen LogP contribution is -2.50. The van der Waals surface area contributed by atoms with E-state index in [1.165, 1.54) is 0 Å². The van der Waals surface area contributed by atoms with Crippen LogP contribution >= 0.6 is 0 Å². The lowest BCUT2D eigenvalue weighted by Gasteiger charge is -2.37. The molecule has 0 aliphatic carbocycles. The van der Waals surface area contributed by atoms with E-state index >= 15 is 0 Å². The molecule has 0 spiro atoms. The van der Waals surface area contributed by atoms with Crippen molar-refractivity contribution in [1.82, 2.24) is 4.90 Å². The van der Waals surface area contributed by atoms with Gasteiger partial charge < -0.3 is 14.7 Å². The Morgan fingerprint density at radius 3 is 2.32 bits per heavy atom. The van der Waals surface area contributed by atoms with E-state index in [4.69, 9.17) is 4.74 Å². The minimum atomic E-state index is -0.871. The van der Waals surface area contributed by atoms with Crippen molar-refractivity contribution in [2.45, 2.75) is 25.8 Å². The van der Waals surface area contributed by atoms with Crippen LogP contribution in [-0.2, 0) is 9.59 Å². The summed E-state index contributed by atoms with van der Waals surface area (Å²) in [5.74, 6) is -1.24. The molecule has 1 saturated heterocycles. The van der Waals surface area contributed by atoms with E-state index in [0.717, 1.165) is 0 Å². The fourth-order valence-corrected chi connectivity index (χ4v) is 3.51. The van der Waals surface area contributed by atoms with Crippen molar-refractivity contribution in [3.63, 3.8) is 0 Å². The number of carbonyl (C=O) groups is 3. The summed E-state index contributed by atoms with van der Waals surface area (Å²) >= 11 is 0. The zero-order valence-electron chi connectivity index (χ0n) is 15.7. The molecule has 0 unspecified atom stereocenters. The second-order valence-corrected chi connectivity index (χ2v) is 6.92. The molecule has 1 fully saturated rings. The van der Waals surface area contributed by atoms with Crippen LogP contribution in [0.5, 0.6) is 5.75 Å². The van der Waals surface area contributed by atoms with E-state index in [1.807, 2.05) is 18.2 Å². The van der Waals surface area contributed by atoms with E-state index in [1.54, 1.807) is 48.2 Å². The van der Waals surface area contributed by atoms with Crippen LogP contribution in [0.15, 0.2) is 54.6 Å². The van der Waals surface area contributed by atoms with Crippen LogP contribution in [0.25, 0.3) is 0 Å². The summed E-state index contributed by atoms with van der Waals surface area (Å²) in [6.45, 7) is 2.14. The minimum Gasteiger partial charge on any atom is -0.484 e. The Balaban J connectivity index is 1.58. The van der Waals surface area contributed by atoms with Gasteiger partial charge in [0.05, 0.1) is 5.92 Å². The number of hydrogen-bond donors (Lipinski definition) is 1. The Bertz CT molecular complexity index is 847. The highest BCUT2D eigenvalue weighted by atomic mass is 16.5. The van der Waals surface area contributed by atoms with Crippen molar-refractivity contribution >= 4 is 17.7 Å². The molecule has 1 aliphatic heterocycles. The predicted molar refractivity (Wildman–Crippen MR) is 103 cm³/mol. The number of carboxylic acid groups (broad SMARTS) is 1. The lowest BCUT2D eigenvalue weighted by atomic mass is 9.90. The zero-order valence-corrected chi connectivity index (χ0v) is 15.7. The fourth-order valence-electron chi connectivity index (χ4n) is 3.51. The van der Waals surface area contributed by atoms with Crippen molar-refractivity contribution < 1.29 is 24.2 Å². The van der Waals surface area contributed by atoms with Gasteiger partial charge in [0.25, 0.3) is 5.91 Å². The zero-order chi connectivity index (χ0) is 20.1. The van der Waals surface area contributed by atoms with Crippen LogP contribution < -0.4 is 4.74 Å². The molecule has 0 saturated carbocycles. The number of ketones is 1. The smallest absolute Gasteiger partial charge is 0.308 e. The van der Waals surface area contributed by atoms with Gasteiger partial charge in [-0.1, -0.05) is 30.3 Å². The molecule has 2 aromatic rings. The van der Waals surface area contributed by atoms with E-state index in [9.17, 15) is 19.5 Å². The van der Waals surface area contributed by atoms with Crippen LogP contribution in [-0.4, -0.2) is 46.9 Å². The first-order valence-corrected chi connectivity index (χ1v) is 9.32. The maximum absolute atomic E-state index is 12.5. The third-order valence-corrected chi connectivity index (χ3v) is 5.14. The summed E-state index contributed by atoms with van der Waals surface area (Å²) < 4.78 is 5.56. The molecule has 28 heavy (non-hydrogen) atoms. The van der Waals surface area contributed by atoms with Crippen molar-refractivity contribution in [2.75, 3.05) is 13.2 Å². The average Bonchev–Trinajstić information content (AvgIpc) is 2.72. The Labute approximate surface area is 163 Å². The van der Waals surface area contributed by atoms with Crippen molar-refractivity contribution in [3.8, 4) is 5.75 Å². The standard InChI is InChI=1S/C22H23NO5/c1-15-19(22(26)27)8-5-13-23(15)20(24)14-28-18-11-9-17(10-12-18)21(25)16-6-3-2-4-7-16/h2-4,6-7,9-12,15,19H,5,8,13-14H2,1H3,(H,26,27)/t15-,19-/m1/s1. The number of benzene rings is 2. The number of rotatable bonds is 6. The van der Waals surface area contributed by atoms with Crippen LogP contribution in [0.2, 0.25) is 0 Å². The van der Waals surface area contributed by atoms with Crippen LogP contribution in [0.1, 0.15) is 35.7 Å². The molecule has 6 heteroatoms. The molecular weight excluding hydrogens is 358 g/mol. The van der Waals surface area contributed by atoms with Crippen LogP contribution in [0.3, 0.4) is 0 Å². The predicted octanol–water partition coefficient (Wildman–Crippen LogP) is 3.01. The SMILES string of the molecule is C[C@@H]1[C@H](C(=O)O)CCCN1C(=O)COc1ccc(C(=O)c2ccccc2)cc1. The fraction of sp³-hybridized carbons (Fsp3) is 0.318. The highest BCUT2D eigenvalue weighted by Crippen LogP contribution is 2.24. The summed E-state index contributed by atoms with van der Waals surface area (Å²) in [5.41, 5.74) is 1.15. The second kappa shape index (κ2) is 8.69. The van der Waals surface area contributed by atoms with E-state index in [2.05, 4.69) is 0 Å². The number of amides is 1. The molecule has 3 rings (SSSR count). The number of carbonyl (C=O) groups excluding carboxylic acids is 2. The molecule has 2 atom stereocenters. The molecule has 0 bridgehead atoms. The van der Waals surface area contributed by atoms with Gasteiger partial charge in [0.15, 0.2) is 12.4 Å². The topological polar surface area (TPSA) is 83.9 Å². The number of likely N-dealkylation sites (tertiary alicyclic amines) is 1. The number of nitrogens with zero attached hydrogens (tertiary/aromatic N) is 1. The molecule has 1 N–H and O–H groups in total. The average molecular weight is 381 g/mol. The molecule has 6 nitrogen and oxygen atoms in total. The van der Waals surface area contributed by atoms with Gasteiger partial charge in [-0.25, -0.2) is 0 Å². The molecule has 0 aromatic heterocycles. The normalized spacial score (nSPS) is 19.1. The van der Waals surface area contributed by atoms with Crippen molar-refractivity contribution in [1.29, 1.82) is 0 Å². The third kappa shape index (κ3) is 4.39. The molecule has 1 aliphatic rings. The summed E-state index contributed by atoms with van der Waals surface area (Å²) in [7, 11) is 0. The maximum Gasteiger partial charge on any atom is 0.308 e. The molecule has 1 heterocycles. The Morgan fingerprint density at radius 1 is 1.04 bits per heavy atom. The number of piperidine rings is 1. The quantitative estimate of drug-likeness (QED) is 0.778. The number of hydrogen-bond acceptors (Lipinski definition) is 4. The van der Waals surface area contributed by atoms with Gasteiger partial charge in [0, 0.05) is 23.7 Å². The first-order valence-electron chi connectivity index (χ1n) is 9.32. The second-order valence-electron chi connectivity index (χ2n) is 6.92. The number of ether oxygens (including phenoxy) is 1. The number of carboxylic acids is 1. The summed E-state index contributed by atoms with van der Waals surface area (Å²) in [4.78, 5) is 37.8. The first kappa shape index (κ1) is 19.6. The molecule has 1 amide bonds. The third-order valence-electron chi connectivity index (χ3n) is 5.14. The summed E-state index contributed by atoms with van der Waals surface area (Å²) in [6.07, 6.45) is 1.25. The number of aliphatic carboxylic acids is 1. The Kier molecular flexibility index (Phi) is 6.09. The van der Waals surface area contributed by atoms with Gasteiger partial charge >= 0.3 is 5.97 Å². The van der Waals surface area contributed by atoms with Gasteiger partial charge in [-0.05, 0) is 44.0 Å². The van der Waals surface area contributed by atoms with Gasteiger partial charge in [0.1, 0.15) is 5.75 Å². The van der Waals surface area contributed by atoms with Gasteiger partial charge in [-0.2, -0.15) is 0 Å². The lowest BCUT2D eigenvalue weighted by molar-refractivity contribution is -0.149. The molecule has 146 valence electrons. The Hall–Kier alpha value is -3.15. The summed E-state index contributed by atoms with van der Waals surface area (Å²) in [6, 6.07) is 15.3. The highest BCUT2D eigenvalue weighted by molar-refractivity contribution is 6.08. The van der Waals surface area contributed by atoms with Crippen molar-refractivity contribution in [2.24, 2.45) is 5.92 Å². The molecule has 0 radical (unpaired) electrons. The van der Waals surface area contributed by atoms with Gasteiger partial charge in [0.2, 0.25) is 0 Å². The van der Waals surface area contributed by atoms with Crippen LogP contribution in [0, 0.1) is 5.92 Å². The Morgan fingerprint density at radius 2 is 1.68 bits per heavy atom. The molecule has 2 aromatic carbocycles. The van der Waals surface area contributed by atoms with Crippen LogP contribution in [0.4, 0.5) is 0 Å². The van der Waals surface area contributed by atoms with E-state index < -0.39 is 11.9 Å². The minimum absolute atomic E-state index is 0.0786. The first-order chi connectivity index (χ1) is 13.5. The van der Waals surface area contributed by atoms with Gasteiger partial charge in [-0.3, -0.25) is 14.4 Å². The largest absolute Gasteiger partial charge is 0.484 e. The summed E-state index contributed by atoms with van der Waals surface area (Å²) in [5, 5.41) is 9.27. The monoisotopic (exact) mass is 381 g/mol. The van der Waals surface area contributed by atoms with Crippen molar-refractivity contribution in [3.05, 3.63) is 65.7 Å². The molecular formula is C22H23NO5. The highest BCUT2D eigenvalue weighted by Gasteiger charge is 2.35. The van der Waals surface area contributed by atoms with E-state index in [0.29, 0.717) is 36.3 Å².